The molecule has 0 amide bonds. The number of hydrogen-bond acceptors (Lipinski definition) is 5. The SMILES string of the molecule is O=C(ON1N=C(C23CC4CC(CC(C4)C2)C3)N2CC(c3ccccc3Cl)CCC12)C(F)(F)F. The number of rotatable bonds is 3. The highest BCUT2D eigenvalue weighted by molar-refractivity contribution is 6.31. The van der Waals surface area contributed by atoms with E-state index in [-0.39, 0.29) is 11.3 Å². The Labute approximate surface area is 195 Å². The summed E-state index contributed by atoms with van der Waals surface area (Å²) >= 11 is 6.49. The third kappa shape index (κ3) is 3.60. The number of piperidine rings is 1. The van der Waals surface area contributed by atoms with E-state index >= 15 is 0 Å². The van der Waals surface area contributed by atoms with Crippen molar-refractivity contribution in [2.75, 3.05) is 6.54 Å². The van der Waals surface area contributed by atoms with Crippen LogP contribution in [0.4, 0.5) is 13.2 Å². The summed E-state index contributed by atoms with van der Waals surface area (Å²) in [6, 6.07) is 7.75. The van der Waals surface area contributed by atoms with E-state index in [1.807, 2.05) is 24.3 Å². The minimum Gasteiger partial charge on any atom is -0.333 e. The Hall–Kier alpha value is -1.96. The van der Waals surface area contributed by atoms with Crippen LogP contribution in [-0.4, -0.2) is 40.8 Å². The largest absolute Gasteiger partial charge is 0.493 e. The second-order valence-electron chi connectivity index (χ2n) is 10.7. The lowest BCUT2D eigenvalue weighted by molar-refractivity contribution is -0.251. The number of hydrogen-bond donors (Lipinski definition) is 0. The third-order valence-corrected chi connectivity index (χ3v) is 8.88. The number of fused-ring (bicyclic) bond motifs is 1. The van der Waals surface area contributed by atoms with E-state index in [0.29, 0.717) is 35.7 Å². The first-order valence-corrected chi connectivity index (χ1v) is 12.3. The Morgan fingerprint density at radius 2 is 1.70 bits per heavy atom. The maximum absolute atomic E-state index is 13.0. The molecule has 1 aromatic rings. The van der Waals surface area contributed by atoms with Crippen molar-refractivity contribution in [3.8, 4) is 0 Å². The molecule has 178 valence electrons. The minimum atomic E-state index is -5.06. The van der Waals surface area contributed by atoms with Crippen LogP contribution in [0.1, 0.15) is 62.8 Å². The fraction of sp³-hybridized carbons (Fsp3) is 0.667. The van der Waals surface area contributed by atoms with Gasteiger partial charge in [0.2, 0.25) is 0 Å². The van der Waals surface area contributed by atoms with Crippen LogP contribution in [0.25, 0.3) is 0 Å². The van der Waals surface area contributed by atoms with E-state index in [0.717, 1.165) is 42.3 Å². The normalized spacial score (nSPS) is 37.2. The summed E-state index contributed by atoms with van der Waals surface area (Å²) < 4.78 is 39.0. The van der Waals surface area contributed by atoms with Gasteiger partial charge in [-0.2, -0.15) is 13.2 Å². The van der Waals surface area contributed by atoms with Crippen molar-refractivity contribution in [2.24, 2.45) is 28.3 Å². The van der Waals surface area contributed by atoms with Gasteiger partial charge in [-0.3, -0.25) is 0 Å². The topological polar surface area (TPSA) is 45.1 Å². The molecule has 4 saturated carbocycles. The van der Waals surface area contributed by atoms with Crippen molar-refractivity contribution in [2.45, 2.75) is 69.6 Å². The Morgan fingerprint density at radius 3 is 2.30 bits per heavy atom. The average Bonchev–Trinajstić information content (AvgIpc) is 3.11. The molecule has 5 nitrogen and oxygen atoms in total. The fourth-order valence-corrected chi connectivity index (χ4v) is 7.99. The summed E-state index contributed by atoms with van der Waals surface area (Å²) in [4.78, 5) is 18.6. The molecule has 0 aromatic heterocycles. The van der Waals surface area contributed by atoms with E-state index in [9.17, 15) is 18.0 Å². The summed E-state index contributed by atoms with van der Waals surface area (Å²) in [6.45, 7) is 0.606. The minimum absolute atomic E-state index is 0.130. The Bertz CT molecular complexity index is 962. The van der Waals surface area contributed by atoms with Crippen LogP contribution in [0.2, 0.25) is 5.02 Å². The predicted molar refractivity (Wildman–Crippen MR) is 116 cm³/mol. The number of halogens is 4. The van der Waals surface area contributed by atoms with Crippen LogP contribution in [0, 0.1) is 23.2 Å². The Morgan fingerprint density at radius 1 is 1.06 bits per heavy atom. The van der Waals surface area contributed by atoms with Crippen molar-refractivity contribution in [3.63, 3.8) is 0 Å². The first-order valence-electron chi connectivity index (χ1n) is 11.9. The van der Waals surface area contributed by atoms with Crippen LogP contribution in [0.15, 0.2) is 29.4 Å². The van der Waals surface area contributed by atoms with Crippen LogP contribution in [0.5, 0.6) is 0 Å². The summed E-state index contributed by atoms with van der Waals surface area (Å²) in [7, 11) is 0. The number of benzene rings is 1. The molecule has 1 saturated heterocycles. The molecule has 2 unspecified atom stereocenters. The van der Waals surface area contributed by atoms with Gasteiger partial charge in [0.1, 0.15) is 5.84 Å². The number of alkyl halides is 3. The van der Waals surface area contributed by atoms with Gasteiger partial charge in [-0.05, 0) is 80.8 Å². The second kappa shape index (κ2) is 7.52. The monoisotopic (exact) mass is 481 g/mol. The van der Waals surface area contributed by atoms with Gasteiger partial charge >= 0.3 is 12.1 Å². The number of nitrogens with zero attached hydrogens (tertiary/aromatic N) is 3. The molecule has 2 atom stereocenters. The zero-order valence-electron chi connectivity index (χ0n) is 18.2. The first-order chi connectivity index (χ1) is 15.7. The number of amidine groups is 1. The van der Waals surface area contributed by atoms with Crippen molar-refractivity contribution < 1.29 is 22.8 Å². The van der Waals surface area contributed by atoms with E-state index in [1.165, 1.54) is 19.3 Å². The average molecular weight is 482 g/mol. The molecule has 7 rings (SSSR count). The third-order valence-electron chi connectivity index (χ3n) is 8.54. The predicted octanol–water partition coefficient (Wildman–Crippen LogP) is 5.71. The number of carbonyl (C=O) groups excluding carboxylic acids is 1. The zero-order chi connectivity index (χ0) is 23.0. The zero-order valence-corrected chi connectivity index (χ0v) is 19.0. The molecule has 2 aliphatic heterocycles. The lowest BCUT2D eigenvalue weighted by atomic mass is 9.49. The van der Waals surface area contributed by atoms with Gasteiger partial charge in [0.05, 0.1) is 0 Å². The number of hydrazone groups is 1. The van der Waals surface area contributed by atoms with Gasteiger partial charge in [0.15, 0.2) is 6.17 Å². The number of carbonyl (C=O) groups is 1. The fourth-order valence-electron chi connectivity index (χ4n) is 7.70. The smallest absolute Gasteiger partial charge is 0.333 e. The molecule has 0 radical (unpaired) electrons. The van der Waals surface area contributed by atoms with E-state index < -0.39 is 18.3 Å². The maximum Gasteiger partial charge on any atom is 0.493 e. The van der Waals surface area contributed by atoms with Gasteiger partial charge in [0.25, 0.3) is 0 Å². The molecule has 9 heteroatoms. The van der Waals surface area contributed by atoms with Gasteiger partial charge in [-0.25, -0.2) is 4.79 Å². The van der Waals surface area contributed by atoms with Crippen molar-refractivity contribution in [1.29, 1.82) is 0 Å². The molecule has 4 bridgehead atoms. The summed E-state index contributed by atoms with van der Waals surface area (Å²) in [5, 5.41) is 6.28. The Kier molecular flexibility index (Phi) is 4.91. The molecule has 6 aliphatic rings. The van der Waals surface area contributed by atoms with Crippen molar-refractivity contribution in [1.82, 2.24) is 10.1 Å². The lowest BCUT2D eigenvalue weighted by Crippen LogP contribution is -2.57. The molecule has 4 aliphatic carbocycles. The molecular formula is C24H27ClF3N3O2. The highest BCUT2D eigenvalue weighted by Gasteiger charge is 2.58. The lowest BCUT2D eigenvalue weighted by Gasteiger charge is -2.57. The van der Waals surface area contributed by atoms with E-state index in [1.54, 1.807) is 0 Å². The molecule has 0 spiro atoms. The molecule has 5 fully saturated rings. The van der Waals surface area contributed by atoms with Gasteiger partial charge in [-0.15, -0.1) is 5.10 Å². The molecule has 2 heterocycles. The standard InChI is InChI=1S/C24H27ClF3N3O2/c25-19-4-2-1-3-18(19)17-5-6-20-30(13-17)21(29-31(20)33-22(32)24(26,27)28)23-10-14-7-15(11-23)9-16(8-14)12-23/h1-4,14-17,20H,5-13H2. The molecule has 33 heavy (non-hydrogen) atoms. The summed E-state index contributed by atoms with van der Waals surface area (Å²) in [6.07, 6.45) is 2.56. The highest BCUT2D eigenvalue weighted by atomic mass is 35.5. The van der Waals surface area contributed by atoms with Crippen LogP contribution >= 0.6 is 11.6 Å². The van der Waals surface area contributed by atoms with E-state index in [4.69, 9.17) is 16.4 Å². The second-order valence-corrected chi connectivity index (χ2v) is 11.1. The maximum atomic E-state index is 13.0. The quantitative estimate of drug-likeness (QED) is 0.554. The molecule has 0 N–H and O–H groups in total. The highest BCUT2D eigenvalue weighted by Crippen LogP contribution is 2.62. The van der Waals surface area contributed by atoms with Gasteiger partial charge in [-0.1, -0.05) is 35.0 Å². The Balaban J connectivity index is 1.34. The van der Waals surface area contributed by atoms with Crippen LogP contribution in [-0.2, 0) is 9.63 Å². The van der Waals surface area contributed by atoms with Crippen LogP contribution < -0.4 is 0 Å². The van der Waals surface area contributed by atoms with Crippen LogP contribution in [0.3, 0.4) is 0 Å². The van der Waals surface area contributed by atoms with Gasteiger partial charge < -0.3 is 9.74 Å². The summed E-state index contributed by atoms with van der Waals surface area (Å²) in [5.41, 5.74) is 0.919. The van der Waals surface area contributed by atoms with Crippen molar-refractivity contribution in [3.05, 3.63) is 34.9 Å². The first kappa shape index (κ1) is 21.6. The molecular weight excluding hydrogens is 455 g/mol. The van der Waals surface area contributed by atoms with E-state index in [2.05, 4.69) is 10.0 Å². The molecule has 1 aromatic carbocycles. The summed E-state index contributed by atoms with van der Waals surface area (Å²) in [5.74, 6) is 0.742. The van der Waals surface area contributed by atoms with Crippen molar-refractivity contribution >= 4 is 23.4 Å². The number of hydroxylamine groups is 1. The van der Waals surface area contributed by atoms with Gasteiger partial charge in [0, 0.05) is 22.9 Å².